The van der Waals surface area contributed by atoms with Gasteiger partial charge in [-0.2, -0.15) is 0 Å². The SMILES string of the molecule is Cc1c(NC(=O)c2cc3c(s2)CCC(C)C3)cccc1-c1cc(Nc2ccc(C(=O)N3CCOCC3)cn2)c(=O)n(C)c1. The Labute approximate surface area is 254 Å². The van der Waals surface area contributed by atoms with Gasteiger partial charge < -0.3 is 24.8 Å². The Morgan fingerprint density at radius 2 is 1.91 bits per heavy atom. The number of pyridine rings is 2. The van der Waals surface area contributed by atoms with Crippen molar-refractivity contribution in [3.05, 3.63) is 91.7 Å². The van der Waals surface area contributed by atoms with Crippen LogP contribution in [-0.2, 0) is 24.6 Å². The van der Waals surface area contributed by atoms with Gasteiger partial charge in [0.1, 0.15) is 11.5 Å². The van der Waals surface area contributed by atoms with Gasteiger partial charge in [-0.25, -0.2) is 4.98 Å². The van der Waals surface area contributed by atoms with E-state index in [4.69, 9.17) is 4.74 Å². The number of thiophene rings is 1. The van der Waals surface area contributed by atoms with Crippen LogP contribution in [0.4, 0.5) is 17.2 Å². The summed E-state index contributed by atoms with van der Waals surface area (Å²) in [6.45, 7) is 6.40. The van der Waals surface area contributed by atoms with E-state index >= 15 is 0 Å². The average molecular weight is 598 g/mol. The van der Waals surface area contributed by atoms with E-state index in [1.54, 1.807) is 47.7 Å². The van der Waals surface area contributed by atoms with Crippen LogP contribution in [0.25, 0.3) is 11.1 Å². The van der Waals surface area contributed by atoms with Gasteiger partial charge in [0.25, 0.3) is 17.4 Å². The molecule has 1 atom stereocenters. The molecule has 2 N–H and O–H groups in total. The number of ether oxygens (including phenoxy) is 1. The van der Waals surface area contributed by atoms with Gasteiger partial charge in [0.15, 0.2) is 0 Å². The Morgan fingerprint density at radius 1 is 1.09 bits per heavy atom. The van der Waals surface area contributed by atoms with Crippen molar-refractivity contribution in [3.63, 3.8) is 0 Å². The predicted molar refractivity (Wildman–Crippen MR) is 170 cm³/mol. The van der Waals surface area contributed by atoms with E-state index in [0.29, 0.717) is 49.3 Å². The number of nitrogens with one attached hydrogen (secondary N) is 2. The molecule has 9 nitrogen and oxygen atoms in total. The Bertz CT molecular complexity index is 1740. The highest BCUT2D eigenvalue weighted by Crippen LogP contribution is 2.34. The minimum atomic E-state index is -0.211. The van der Waals surface area contributed by atoms with Crippen molar-refractivity contribution in [1.29, 1.82) is 0 Å². The third-order valence-corrected chi connectivity index (χ3v) is 9.44. The number of anilines is 3. The summed E-state index contributed by atoms with van der Waals surface area (Å²) in [5.41, 5.74) is 5.28. The number of nitrogens with zero attached hydrogens (tertiary/aromatic N) is 3. The number of carbonyl (C=O) groups is 2. The minimum Gasteiger partial charge on any atom is -0.378 e. The van der Waals surface area contributed by atoms with Crippen LogP contribution in [0.3, 0.4) is 0 Å². The van der Waals surface area contributed by atoms with Crippen molar-refractivity contribution in [3.8, 4) is 11.1 Å². The zero-order valence-electron chi connectivity index (χ0n) is 24.6. The van der Waals surface area contributed by atoms with Crippen LogP contribution in [0.1, 0.15) is 49.4 Å². The quantitative estimate of drug-likeness (QED) is 0.308. The average Bonchev–Trinajstić information content (AvgIpc) is 3.44. The van der Waals surface area contributed by atoms with Gasteiger partial charge in [-0.3, -0.25) is 14.4 Å². The number of amides is 2. The van der Waals surface area contributed by atoms with Crippen molar-refractivity contribution >= 4 is 40.3 Å². The van der Waals surface area contributed by atoms with Gasteiger partial charge in [0.05, 0.1) is 23.7 Å². The molecule has 1 saturated heterocycles. The number of aromatic nitrogens is 2. The molecule has 1 aliphatic heterocycles. The minimum absolute atomic E-state index is 0.0870. The molecule has 2 aliphatic rings. The van der Waals surface area contributed by atoms with Gasteiger partial charge in [-0.15, -0.1) is 11.3 Å². The molecule has 4 aromatic rings. The van der Waals surface area contributed by atoms with E-state index in [-0.39, 0.29) is 17.4 Å². The fraction of sp³-hybridized carbons (Fsp3) is 0.333. The van der Waals surface area contributed by atoms with Crippen LogP contribution >= 0.6 is 11.3 Å². The number of fused-ring (bicyclic) bond motifs is 1. The van der Waals surface area contributed by atoms with E-state index in [1.807, 2.05) is 31.2 Å². The number of hydrogen-bond donors (Lipinski definition) is 2. The zero-order valence-corrected chi connectivity index (χ0v) is 25.4. The van der Waals surface area contributed by atoms with Crippen molar-refractivity contribution in [2.24, 2.45) is 13.0 Å². The van der Waals surface area contributed by atoms with E-state index in [9.17, 15) is 14.4 Å². The molecular formula is C33H35N5O4S. The maximum absolute atomic E-state index is 13.2. The molecule has 1 fully saturated rings. The summed E-state index contributed by atoms with van der Waals surface area (Å²) in [6, 6.07) is 13.0. The van der Waals surface area contributed by atoms with E-state index < -0.39 is 0 Å². The lowest BCUT2D eigenvalue weighted by Gasteiger charge is -2.26. The second-order valence-electron chi connectivity index (χ2n) is 11.4. The van der Waals surface area contributed by atoms with Crippen molar-refractivity contribution in [2.45, 2.75) is 33.1 Å². The fourth-order valence-corrected chi connectivity index (χ4v) is 6.82. The maximum atomic E-state index is 13.2. The zero-order chi connectivity index (χ0) is 30.1. The van der Waals surface area contributed by atoms with Gasteiger partial charge >= 0.3 is 0 Å². The lowest BCUT2D eigenvalue weighted by atomic mass is 9.90. The van der Waals surface area contributed by atoms with Crippen LogP contribution in [-0.4, -0.2) is 52.6 Å². The smallest absolute Gasteiger partial charge is 0.274 e. The third-order valence-electron chi connectivity index (χ3n) is 8.20. The first kappa shape index (κ1) is 28.8. The van der Waals surface area contributed by atoms with Crippen LogP contribution < -0.4 is 16.2 Å². The molecule has 4 heterocycles. The number of morpholine rings is 1. The summed E-state index contributed by atoms with van der Waals surface area (Å²) in [4.78, 5) is 47.3. The molecule has 2 amide bonds. The summed E-state index contributed by atoms with van der Waals surface area (Å²) in [5.74, 6) is 0.920. The maximum Gasteiger partial charge on any atom is 0.274 e. The predicted octanol–water partition coefficient (Wildman–Crippen LogP) is 5.41. The Hall–Kier alpha value is -4.28. The first-order chi connectivity index (χ1) is 20.8. The standard InChI is InChI=1S/C33H35N5O4S/c1-20-7-9-28-23(15-20)17-29(43-28)31(39)36-26-6-4-5-25(21(26)2)24-16-27(33(41)37(3)19-24)35-30-10-8-22(18-34-30)32(40)38-11-13-42-14-12-38/h4-6,8,10,16-20H,7,9,11-15H2,1-3H3,(H,34,35)(H,36,39). The van der Waals surface area contributed by atoms with Gasteiger partial charge in [0, 0.05) is 48.7 Å². The molecule has 0 spiro atoms. The molecule has 0 saturated carbocycles. The van der Waals surface area contributed by atoms with Crippen molar-refractivity contribution < 1.29 is 14.3 Å². The normalized spacial score (nSPS) is 16.4. The Kier molecular flexibility index (Phi) is 8.14. The summed E-state index contributed by atoms with van der Waals surface area (Å²) in [5, 5.41) is 6.24. The summed E-state index contributed by atoms with van der Waals surface area (Å²) in [6.07, 6.45) is 6.55. The molecular weight excluding hydrogens is 562 g/mol. The number of aryl methyl sites for hydroxylation is 2. The first-order valence-corrected chi connectivity index (χ1v) is 15.4. The molecule has 6 rings (SSSR count). The summed E-state index contributed by atoms with van der Waals surface area (Å²) < 4.78 is 6.85. The largest absolute Gasteiger partial charge is 0.378 e. The number of benzene rings is 1. The molecule has 0 radical (unpaired) electrons. The van der Waals surface area contributed by atoms with Crippen LogP contribution in [0.5, 0.6) is 0 Å². The second-order valence-corrected chi connectivity index (χ2v) is 12.5. The van der Waals surface area contributed by atoms with Gasteiger partial charge in [-0.1, -0.05) is 19.1 Å². The highest BCUT2D eigenvalue weighted by molar-refractivity contribution is 7.14. The molecule has 1 aromatic carbocycles. The number of carbonyl (C=O) groups excluding carboxylic acids is 2. The highest BCUT2D eigenvalue weighted by Gasteiger charge is 2.22. The van der Waals surface area contributed by atoms with Gasteiger partial charge in [-0.05, 0) is 79.1 Å². The molecule has 0 bridgehead atoms. The number of hydrogen-bond acceptors (Lipinski definition) is 7. The fourth-order valence-electron chi connectivity index (χ4n) is 5.72. The molecule has 10 heteroatoms. The second kappa shape index (κ2) is 12.1. The summed E-state index contributed by atoms with van der Waals surface area (Å²) >= 11 is 1.60. The molecule has 3 aromatic heterocycles. The van der Waals surface area contributed by atoms with Crippen molar-refractivity contribution in [1.82, 2.24) is 14.5 Å². The Balaban J connectivity index is 1.21. The molecule has 1 unspecified atom stereocenters. The van der Waals surface area contributed by atoms with E-state index in [2.05, 4.69) is 22.5 Å². The molecule has 43 heavy (non-hydrogen) atoms. The lowest BCUT2D eigenvalue weighted by Crippen LogP contribution is -2.40. The molecule has 222 valence electrons. The van der Waals surface area contributed by atoms with Gasteiger partial charge in [0.2, 0.25) is 0 Å². The highest BCUT2D eigenvalue weighted by atomic mass is 32.1. The third kappa shape index (κ3) is 6.11. The Morgan fingerprint density at radius 3 is 2.67 bits per heavy atom. The first-order valence-electron chi connectivity index (χ1n) is 14.6. The van der Waals surface area contributed by atoms with Crippen LogP contribution in [0, 0.1) is 12.8 Å². The van der Waals surface area contributed by atoms with Crippen LogP contribution in [0.2, 0.25) is 0 Å². The molecule has 1 aliphatic carbocycles. The van der Waals surface area contributed by atoms with Crippen LogP contribution in [0.15, 0.2) is 59.7 Å². The summed E-state index contributed by atoms with van der Waals surface area (Å²) in [7, 11) is 1.70. The lowest BCUT2D eigenvalue weighted by molar-refractivity contribution is 0.0302. The monoisotopic (exact) mass is 597 g/mol. The van der Waals surface area contributed by atoms with E-state index in [0.717, 1.165) is 40.1 Å². The topological polar surface area (TPSA) is 106 Å². The number of rotatable bonds is 6. The van der Waals surface area contributed by atoms with Crippen molar-refractivity contribution in [2.75, 3.05) is 36.9 Å². The van der Waals surface area contributed by atoms with E-state index in [1.165, 1.54) is 27.6 Å².